The zero-order valence-corrected chi connectivity index (χ0v) is 13.9. The minimum absolute atomic E-state index is 0.278. The molecule has 0 fully saturated rings. The van der Waals surface area contributed by atoms with Crippen LogP contribution >= 0.6 is 0 Å². The van der Waals surface area contributed by atoms with Crippen molar-refractivity contribution in [1.29, 1.82) is 0 Å². The Hall–Kier alpha value is -3.74. The second kappa shape index (κ2) is 6.64. The first-order chi connectivity index (χ1) is 12.8. The zero-order valence-electron chi connectivity index (χ0n) is 13.9. The average Bonchev–Trinajstić information content (AvgIpc) is 2.68. The monoisotopic (exact) mass is 345 g/mol. The molecule has 0 atom stereocenters. The third-order valence-corrected chi connectivity index (χ3v) is 3.94. The van der Waals surface area contributed by atoms with Crippen LogP contribution in [0.15, 0.2) is 65.8 Å². The fourth-order valence-corrected chi connectivity index (χ4v) is 2.76. The lowest BCUT2D eigenvalue weighted by molar-refractivity contribution is 0.417. The molecule has 128 valence electrons. The van der Waals surface area contributed by atoms with Crippen LogP contribution in [0.2, 0.25) is 0 Å². The smallest absolute Gasteiger partial charge is 0.262 e. The lowest BCUT2D eigenvalue weighted by Crippen LogP contribution is -2.13. The summed E-state index contributed by atoms with van der Waals surface area (Å²) in [5.74, 6) is 0.940. The van der Waals surface area contributed by atoms with Crippen LogP contribution in [0.3, 0.4) is 0 Å². The van der Waals surface area contributed by atoms with Crippen LogP contribution in [0.4, 0.5) is 11.6 Å². The number of aromatic amines is 1. The van der Waals surface area contributed by atoms with Crippen LogP contribution in [0.25, 0.3) is 22.2 Å². The Balaban J connectivity index is 1.82. The van der Waals surface area contributed by atoms with E-state index in [1.54, 1.807) is 31.8 Å². The third-order valence-electron chi connectivity index (χ3n) is 3.94. The molecular weight excluding hydrogens is 330 g/mol. The van der Waals surface area contributed by atoms with Gasteiger partial charge in [0.15, 0.2) is 5.65 Å². The number of nitrogens with zero attached hydrogens (tertiary/aromatic N) is 3. The minimum Gasteiger partial charge on any atom is -0.495 e. The van der Waals surface area contributed by atoms with Gasteiger partial charge in [0.05, 0.1) is 18.2 Å². The second-order valence-electron chi connectivity index (χ2n) is 5.54. The molecule has 0 aliphatic rings. The maximum absolute atomic E-state index is 12.7. The fraction of sp³-hybridized carbons (Fsp3) is 0.0526. The molecule has 0 unspecified atom stereocenters. The van der Waals surface area contributed by atoms with Gasteiger partial charge in [-0.05, 0) is 24.3 Å². The summed E-state index contributed by atoms with van der Waals surface area (Å²) in [5, 5.41) is 3.49. The summed E-state index contributed by atoms with van der Waals surface area (Å²) < 4.78 is 5.31. The molecule has 7 nitrogen and oxygen atoms in total. The van der Waals surface area contributed by atoms with Crippen molar-refractivity contribution >= 4 is 22.7 Å². The predicted molar refractivity (Wildman–Crippen MR) is 99.7 cm³/mol. The Morgan fingerprint density at radius 3 is 2.77 bits per heavy atom. The van der Waals surface area contributed by atoms with Gasteiger partial charge in [-0.15, -0.1) is 0 Å². The summed E-state index contributed by atoms with van der Waals surface area (Å²) in [7, 11) is 1.58. The highest BCUT2D eigenvalue weighted by molar-refractivity contribution is 5.92. The number of hydrogen-bond acceptors (Lipinski definition) is 6. The number of para-hydroxylation sites is 2. The van der Waals surface area contributed by atoms with Gasteiger partial charge in [-0.25, -0.2) is 4.98 Å². The molecule has 4 aromatic rings. The molecule has 0 spiro atoms. The molecule has 0 bridgehead atoms. The number of hydrogen-bond donors (Lipinski definition) is 2. The van der Waals surface area contributed by atoms with Gasteiger partial charge in [-0.2, -0.15) is 4.98 Å². The van der Waals surface area contributed by atoms with Gasteiger partial charge in [0.1, 0.15) is 5.75 Å². The molecule has 2 N–H and O–H groups in total. The number of H-pyrrole nitrogens is 1. The maximum Gasteiger partial charge on any atom is 0.262 e. The SMILES string of the molecule is COc1ccccc1Nc1nc2nccc(-c3cccnc3)c2c(=O)[nH]1. The van der Waals surface area contributed by atoms with E-state index in [0.717, 1.165) is 11.1 Å². The van der Waals surface area contributed by atoms with E-state index in [2.05, 4.69) is 25.3 Å². The van der Waals surface area contributed by atoms with Crippen LogP contribution in [0.5, 0.6) is 5.75 Å². The van der Waals surface area contributed by atoms with E-state index in [4.69, 9.17) is 4.74 Å². The largest absolute Gasteiger partial charge is 0.495 e. The summed E-state index contributed by atoms with van der Waals surface area (Å²) >= 11 is 0. The van der Waals surface area contributed by atoms with Crippen LogP contribution in [-0.2, 0) is 0 Å². The van der Waals surface area contributed by atoms with Gasteiger partial charge in [-0.1, -0.05) is 18.2 Å². The molecule has 26 heavy (non-hydrogen) atoms. The molecule has 3 heterocycles. The van der Waals surface area contributed by atoms with E-state index in [0.29, 0.717) is 28.4 Å². The van der Waals surface area contributed by atoms with E-state index >= 15 is 0 Å². The van der Waals surface area contributed by atoms with Crippen LogP contribution in [0, 0.1) is 0 Å². The van der Waals surface area contributed by atoms with Crippen molar-refractivity contribution in [2.75, 3.05) is 12.4 Å². The summed E-state index contributed by atoms with van der Waals surface area (Å²) in [6.07, 6.45) is 5.02. The standard InChI is InChI=1S/C19H15N5O2/c1-26-15-7-3-2-6-14(15)22-19-23-17-16(18(25)24-19)13(8-10-21-17)12-5-4-9-20-11-12/h2-11H,1H3,(H2,21,22,23,24,25). The molecule has 1 aromatic carbocycles. The quantitative estimate of drug-likeness (QED) is 0.590. The first kappa shape index (κ1) is 15.8. The van der Waals surface area contributed by atoms with Crippen molar-refractivity contribution in [2.24, 2.45) is 0 Å². The molecule has 0 aliphatic heterocycles. The molecule has 7 heteroatoms. The van der Waals surface area contributed by atoms with Gasteiger partial charge in [0, 0.05) is 29.7 Å². The molecule has 0 radical (unpaired) electrons. The van der Waals surface area contributed by atoms with Gasteiger partial charge in [0.25, 0.3) is 5.56 Å². The fourth-order valence-electron chi connectivity index (χ4n) is 2.76. The van der Waals surface area contributed by atoms with Gasteiger partial charge >= 0.3 is 0 Å². The summed E-state index contributed by atoms with van der Waals surface area (Å²) in [6, 6.07) is 12.9. The molecule has 0 saturated carbocycles. The van der Waals surface area contributed by atoms with Crippen molar-refractivity contribution in [3.8, 4) is 16.9 Å². The van der Waals surface area contributed by atoms with E-state index in [-0.39, 0.29) is 5.56 Å². The Labute approximate surface area is 148 Å². The number of nitrogens with one attached hydrogen (secondary N) is 2. The Bertz CT molecular complexity index is 1130. The second-order valence-corrected chi connectivity index (χ2v) is 5.54. The van der Waals surface area contributed by atoms with Crippen molar-refractivity contribution in [2.45, 2.75) is 0 Å². The summed E-state index contributed by atoms with van der Waals surface area (Å²) in [6.45, 7) is 0. The third kappa shape index (κ3) is 2.86. The van der Waals surface area contributed by atoms with Gasteiger partial charge in [0.2, 0.25) is 5.95 Å². The highest BCUT2D eigenvalue weighted by Gasteiger charge is 2.12. The first-order valence-corrected chi connectivity index (χ1v) is 7.96. The summed E-state index contributed by atoms with van der Waals surface area (Å²) in [5.41, 5.74) is 2.34. The van der Waals surface area contributed by atoms with E-state index in [9.17, 15) is 4.79 Å². The van der Waals surface area contributed by atoms with E-state index in [1.807, 2.05) is 36.4 Å². The van der Waals surface area contributed by atoms with Crippen LogP contribution in [-0.4, -0.2) is 27.0 Å². The lowest BCUT2D eigenvalue weighted by atomic mass is 10.1. The van der Waals surface area contributed by atoms with Crippen LogP contribution < -0.4 is 15.6 Å². The predicted octanol–water partition coefficient (Wildman–Crippen LogP) is 3.13. The number of pyridine rings is 2. The number of anilines is 2. The molecular formula is C19H15N5O2. The topological polar surface area (TPSA) is 92.8 Å². The molecule has 0 aliphatic carbocycles. The Kier molecular flexibility index (Phi) is 4.03. The van der Waals surface area contributed by atoms with Crippen molar-refractivity contribution in [3.63, 3.8) is 0 Å². The molecule has 3 aromatic heterocycles. The number of benzene rings is 1. The van der Waals surface area contributed by atoms with Crippen molar-refractivity contribution in [1.82, 2.24) is 19.9 Å². The van der Waals surface area contributed by atoms with Crippen LogP contribution in [0.1, 0.15) is 0 Å². The normalized spacial score (nSPS) is 10.7. The highest BCUT2D eigenvalue weighted by Crippen LogP contribution is 2.27. The van der Waals surface area contributed by atoms with Crippen molar-refractivity contribution < 1.29 is 4.74 Å². The van der Waals surface area contributed by atoms with Crippen molar-refractivity contribution in [3.05, 3.63) is 71.4 Å². The van der Waals surface area contributed by atoms with E-state index in [1.165, 1.54) is 0 Å². The molecule has 0 saturated heterocycles. The molecule has 0 amide bonds. The first-order valence-electron chi connectivity index (χ1n) is 7.96. The minimum atomic E-state index is -0.278. The van der Waals surface area contributed by atoms with Gasteiger partial charge < -0.3 is 10.1 Å². The highest BCUT2D eigenvalue weighted by atomic mass is 16.5. The number of rotatable bonds is 4. The zero-order chi connectivity index (χ0) is 17.9. The van der Waals surface area contributed by atoms with Gasteiger partial charge in [-0.3, -0.25) is 14.8 Å². The summed E-state index contributed by atoms with van der Waals surface area (Å²) in [4.78, 5) is 28.3. The number of ether oxygens (including phenoxy) is 1. The number of fused-ring (bicyclic) bond motifs is 1. The van der Waals surface area contributed by atoms with E-state index < -0.39 is 0 Å². The maximum atomic E-state index is 12.7. The number of aromatic nitrogens is 4. The molecule has 4 rings (SSSR count). The Morgan fingerprint density at radius 2 is 1.96 bits per heavy atom. The average molecular weight is 345 g/mol. The lowest BCUT2D eigenvalue weighted by Gasteiger charge is -2.11. The Morgan fingerprint density at radius 1 is 1.08 bits per heavy atom. The number of methoxy groups -OCH3 is 1.